The van der Waals surface area contributed by atoms with Crippen molar-refractivity contribution in [3.05, 3.63) is 23.2 Å². The molecule has 0 aromatic carbocycles. The highest BCUT2D eigenvalue weighted by Gasteiger charge is 2.38. The summed E-state index contributed by atoms with van der Waals surface area (Å²) in [5.74, 6) is 0.416. The molecule has 5 aliphatic rings. The van der Waals surface area contributed by atoms with E-state index in [4.69, 9.17) is 32.5 Å². The molecule has 2 bridgehead atoms. The summed E-state index contributed by atoms with van der Waals surface area (Å²) >= 11 is 6.69. The van der Waals surface area contributed by atoms with E-state index in [0.29, 0.717) is 25.7 Å². The smallest absolute Gasteiger partial charge is 0.231 e. The van der Waals surface area contributed by atoms with Gasteiger partial charge in [-0.05, 0) is 69.3 Å². The SMILES string of the molecule is CCC1CCCC2=C(NC(=O)C(C(N)N)C(C)NCC(Cl)CCC3CCCCC3)C(O[C@H]3CCOC3)C1=CN2. The van der Waals surface area contributed by atoms with Crippen molar-refractivity contribution in [2.75, 3.05) is 19.8 Å². The number of dihydropyridines is 1. The van der Waals surface area contributed by atoms with Crippen molar-refractivity contribution in [3.63, 3.8) is 0 Å². The molecule has 1 saturated heterocycles. The lowest BCUT2D eigenvalue weighted by Gasteiger charge is -2.38. The second-order valence-corrected chi connectivity index (χ2v) is 12.8. The number of amides is 1. The van der Waals surface area contributed by atoms with Crippen LogP contribution < -0.4 is 27.4 Å². The third-order valence-corrected chi connectivity index (χ3v) is 9.62. The zero-order valence-corrected chi connectivity index (χ0v) is 24.8. The van der Waals surface area contributed by atoms with E-state index in [2.05, 4.69) is 29.1 Å². The molecule has 5 rings (SSSR count). The Labute approximate surface area is 240 Å². The maximum atomic E-state index is 13.8. The van der Waals surface area contributed by atoms with Crippen LogP contribution in [0.15, 0.2) is 23.2 Å². The summed E-state index contributed by atoms with van der Waals surface area (Å²) < 4.78 is 12.2. The molecule has 0 aromatic rings. The van der Waals surface area contributed by atoms with Crippen LogP contribution in [0.5, 0.6) is 0 Å². The highest BCUT2D eigenvalue weighted by atomic mass is 35.5. The predicted octanol–water partition coefficient (Wildman–Crippen LogP) is 3.99. The third kappa shape index (κ3) is 8.43. The number of hydrogen-bond donors (Lipinski definition) is 5. The summed E-state index contributed by atoms with van der Waals surface area (Å²) in [4.78, 5) is 13.8. The largest absolute Gasteiger partial charge is 0.379 e. The molecule has 39 heavy (non-hydrogen) atoms. The highest BCUT2D eigenvalue weighted by molar-refractivity contribution is 6.20. The molecule has 5 unspecified atom stereocenters. The highest BCUT2D eigenvalue weighted by Crippen LogP contribution is 2.37. The maximum absolute atomic E-state index is 13.8. The van der Waals surface area contributed by atoms with Crippen molar-refractivity contribution >= 4 is 17.5 Å². The van der Waals surface area contributed by atoms with Gasteiger partial charge in [-0.15, -0.1) is 11.6 Å². The lowest BCUT2D eigenvalue weighted by molar-refractivity contribution is -0.126. The van der Waals surface area contributed by atoms with Crippen molar-refractivity contribution in [1.82, 2.24) is 16.0 Å². The first-order valence-corrected chi connectivity index (χ1v) is 15.9. The third-order valence-electron chi connectivity index (χ3n) is 9.25. The molecule has 0 aromatic heterocycles. The Morgan fingerprint density at radius 1 is 1.21 bits per heavy atom. The maximum Gasteiger partial charge on any atom is 0.231 e. The molecule has 6 atom stereocenters. The van der Waals surface area contributed by atoms with E-state index in [1.165, 1.54) is 44.1 Å². The molecule has 1 saturated carbocycles. The van der Waals surface area contributed by atoms with Gasteiger partial charge in [-0.3, -0.25) is 4.79 Å². The van der Waals surface area contributed by atoms with E-state index in [1.807, 2.05) is 6.92 Å². The van der Waals surface area contributed by atoms with E-state index in [9.17, 15) is 4.79 Å². The Morgan fingerprint density at radius 2 is 2.00 bits per heavy atom. The zero-order chi connectivity index (χ0) is 27.8. The Morgan fingerprint density at radius 3 is 2.69 bits per heavy atom. The van der Waals surface area contributed by atoms with Gasteiger partial charge in [0.1, 0.15) is 6.10 Å². The number of alkyl halides is 1. The van der Waals surface area contributed by atoms with E-state index in [1.54, 1.807) is 0 Å². The average molecular weight is 566 g/mol. The monoisotopic (exact) mass is 565 g/mol. The van der Waals surface area contributed by atoms with E-state index < -0.39 is 12.1 Å². The van der Waals surface area contributed by atoms with E-state index in [0.717, 1.165) is 55.8 Å². The van der Waals surface area contributed by atoms with Gasteiger partial charge in [-0.25, -0.2) is 0 Å². The van der Waals surface area contributed by atoms with Crippen LogP contribution in [-0.4, -0.2) is 55.5 Å². The lowest BCUT2D eigenvalue weighted by atomic mass is 9.82. The number of carbonyl (C=O) groups excluding carboxylic acids is 1. The number of ether oxygens (including phenoxy) is 2. The van der Waals surface area contributed by atoms with E-state index in [-0.39, 0.29) is 29.5 Å². The number of carbonyl (C=O) groups is 1. The number of rotatable bonds is 13. The molecule has 0 spiro atoms. The fourth-order valence-corrected chi connectivity index (χ4v) is 7.02. The number of allylic oxidation sites excluding steroid dienone is 1. The number of fused-ring (bicyclic) bond motifs is 5. The molecular weight excluding hydrogens is 514 g/mol. The van der Waals surface area contributed by atoms with Gasteiger partial charge in [-0.1, -0.05) is 39.0 Å². The van der Waals surface area contributed by atoms with Crippen molar-refractivity contribution in [2.24, 2.45) is 29.2 Å². The van der Waals surface area contributed by atoms with Gasteiger partial charge >= 0.3 is 0 Å². The Bertz CT molecular complexity index is 854. The first-order valence-electron chi connectivity index (χ1n) is 15.5. The topological polar surface area (TPSA) is 124 Å². The number of halogens is 1. The first kappa shape index (κ1) is 30.8. The van der Waals surface area contributed by atoms with Gasteiger partial charge in [0.05, 0.1) is 30.5 Å². The van der Waals surface area contributed by atoms with Crippen molar-refractivity contribution < 1.29 is 14.3 Å². The van der Waals surface area contributed by atoms with Crippen molar-refractivity contribution in [3.8, 4) is 0 Å². The summed E-state index contributed by atoms with van der Waals surface area (Å²) in [7, 11) is 0. The molecule has 3 heterocycles. The number of nitrogens with two attached hydrogens (primary N) is 2. The predicted molar refractivity (Wildman–Crippen MR) is 157 cm³/mol. The standard InChI is InChI=1S/C30H52ClN5O3/c1-3-21-10-7-11-25-27(28(24(21)17-35-25)39-23-14-15-38-18-23)36-30(37)26(29(32)33)19(2)34-16-22(31)13-12-20-8-5-4-6-9-20/h17,19-23,26,28-29,34-35H,3-16,18,32-33H2,1-2H3,(H,36,37)/t19?,21?,22?,23-,26?,28?/m0/s1. The molecule has 9 heteroatoms. The van der Waals surface area contributed by atoms with Gasteiger partial charge in [0.2, 0.25) is 5.91 Å². The molecule has 8 nitrogen and oxygen atoms in total. The summed E-state index contributed by atoms with van der Waals surface area (Å²) in [6, 6.07) is -0.226. The normalized spacial score (nSPS) is 28.5. The second-order valence-electron chi connectivity index (χ2n) is 12.1. The van der Waals surface area contributed by atoms with Crippen molar-refractivity contribution in [2.45, 2.75) is 121 Å². The summed E-state index contributed by atoms with van der Waals surface area (Å²) in [5, 5.41) is 10.2. The fraction of sp³-hybridized carbons (Fsp3) is 0.833. The van der Waals surface area contributed by atoms with Crippen LogP contribution in [0.25, 0.3) is 0 Å². The van der Waals surface area contributed by atoms with Gasteiger partial charge in [-0.2, -0.15) is 0 Å². The van der Waals surface area contributed by atoms with Crippen LogP contribution in [0, 0.1) is 17.8 Å². The van der Waals surface area contributed by atoms with Gasteiger partial charge in [0.25, 0.3) is 0 Å². The first-order chi connectivity index (χ1) is 18.9. The van der Waals surface area contributed by atoms with E-state index >= 15 is 0 Å². The van der Waals surface area contributed by atoms with Gasteiger partial charge in [0, 0.05) is 36.5 Å². The lowest BCUT2D eigenvalue weighted by Crippen LogP contribution is -2.56. The minimum absolute atomic E-state index is 0.0176. The Hall–Kier alpha value is -1.16. The molecule has 7 N–H and O–H groups in total. The van der Waals surface area contributed by atoms with Gasteiger partial charge < -0.3 is 36.9 Å². The molecule has 2 aliphatic carbocycles. The molecule has 2 fully saturated rings. The molecule has 1 amide bonds. The number of hydrogen-bond acceptors (Lipinski definition) is 7. The molecular formula is C30H52ClN5O3. The van der Waals surface area contributed by atoms with Crippen LogP contribution >= 0.6 is 11.6 Å². The van der Waals surface area contributed by atoms with Crippen LogP contribution in [0.2, 0.25) is 0 Å². The minimum Gasteiger partial charge on any atom is -0.379 e. The zero-order valence-electron chi connectivity index (χ0n) is 24.1. The Kier molecular flexibility index (Phi) is 12.0. The fourth-order valence-electron chi connectivity index (χ4n) is 6.81. The Balaban J connectivity index is 1.40. The van der Waals surface area contributed by atoms with Crippen molar-refractivity contribution in [1.29, 1.82) is 0 Å². The average Bonchev–Trinajstić information content (AvgIpc) is 3.42. The van der Waals surface area contributed by atoms with Crippen LogP contribution in [-0.2, 0) is 14.3 Å². The van der Waals surface area contributed by atoms with Crippen LogP contribution in [0.4, 0.5) is 0 Å². The van der Waals surface area contributed by atoms with Crippen LogP contribution in [0.1, 0.15) is 90.9 Å². The summed E-state index contributed by atoms with van der Waals surface area (Å²) in [6.07, 6.45) is 14.8. The summed E-state index contributed by atoms with van der Waals surface area (Å²) in [5.41, 5.74) is 15.4. The molecule has 0 radical (unpaired) electrons. The quantitative estimate of drug-likeness (QED) is 0.169. The molecule has 3 aliphatic heterocycles. The number of nitrogens with one attached hydrogen (secondary N) is 3. The summed E-state index contributed by atoms with van der Waals surface area (Å²) in [6.45, 7) is 6.11. The van der Waals surface area contributed by atoms with Crippen LogP contribution in [0.3, 0.4) is 0 Å². The van der Waals surface area contributed by atoms with Gasteiger partial charge in [0.15, 0.2) is 0 Å². The molecule has 222 valence electrons. The second kappa shape index (κ2) is 15.2. The minimum atomic E-state index is -0.807.